The van der Waals surface area contributed by atoms with Crippen molar-refractivity contribution in [3.63, 3.8) is 0 Å². The Morgan fingerprint density at radius 3 is 2.50 bits per heavy atom. The van der Waals surface area contributed by atoms with Gasteiger partial charge < -0.3 is 5.32 Å². The molecule has 0 bridgehead atoms. The van der Waals surface area contributed by atoms with E-state index in [9.17, 15) is 4.79 Å². The molecule has 2 N–H and O–H groups in total. The SMILES string of the molecule is Cc1cc(C(=O)Nc2cc(-c3ccccc3C)nn2Cc2ccccc2)n[nH]1. The number of aromatic amines is 1. The van der Waals surface area contributed by atoms with Gasteiger partial charge in [0.15, 0.2) is 5.69 Å². The summed E-state index contributed by atoms with van der Waals surface area (Å²) in [4.78, 5) is 12.6. The lowest BCUT2D eigenvalue weighted by Crippen LogP contribution is -2.16. The average molecular weight is 371 g/mol. The first kappa shape index (κ1) is 17.7. The highest BCUT2D eigenvalue weighted by molar-refractivity contribution is 6.02. The fraction of sp³-hybridized carbons (Fsp3) is 0.136. The molecule has 0 atom stereocenters. The lowest BCUT2D eigenvalue weighted by molar-refractivity contribution is 0.102. The van der Waals surface area contributed by atoms with Crippen LogP contribution in [0.25, 0.3) is 11.3 Å². The van der Waals surface area contributed by atoms with Gasteiger partial charge >= 0.3 is 0 Å². The highest BCUT2D eigenvalue weighted by Crippen LogP contribution is 2.26. The Morgan fingerprint density at radius 1 is 1.04 bits per heavy atom. The van der Waals surface area contributed by atoms with Crippen molar-refractivity contribution in [3.8, 4) is 11.3 Å². The number of aryl methyl sites for hydroxylation is 2. The number of benzene rings is 2. The molecular formula is C22H21N5O. The Bertz CT molecular complexity index is 1110. The van der Waals surface area contributed by atoms with Crippen LogP contribution in [0, 0.1) is 13.8 Å². The molecule has 2 aromatic carbocycles. The standard InChI is InChI=1S/C22H21N5O/c1-15-8-6-7-11-18(15)19-13-21(23-22(28)20-12-16(2)24-25-20)27(26-19)14-17-9-4-3-5-10-17/h3-13H,14H2,1-2H3,(H,23,28)(H,24,25). The number of aromatic nitrogens is 4. The summed E-state index contributed by atoms with van der Waals surface area (Å²) < 4.78 is 1.81. The zero-order valence-corrected chi connectivity index (χ0v) is 15.8. The summed E-state index contributed by atoms with van der Waals surface area (Å²) in [5.74, 6) is 0.364. The van der Waals surface area contributed by atoms with E-state index in [2.05, 4.69) is 28.5 Å². The van der Waals surface area contributed by atoms with Crippen LogP contribution in [0.5, 0.6) is 0 Å². The van der Waals surface area contributed by atoms with E-state index in [1.54, 1.807) is 6.07 Å². The fourth-order valence-electron chi connectivity index (χ4n) is 3.10. The van der Waals surface area contributed by atoms with Gasteiger partial charge in [-0.2, -0.15) is 10.2 Å². The van der Waals surface area contributed by atoms with E-state index in [1.165, 1.54) is 0 Å². The Labute approximate surface area is 163 Å². The van der Waals surface area contributed by atoms with Crippen LogP contribution in [0.3, 0.4) is 0 Å². The van der Waals surface area contributed by atoms with Crippen LogP contribution < -0.4 is 5.32 Å². The summed E-state index contributed by atoms with van der Waals surface area (Å²) in [6.07, 6.45) is 0. The monoisotopic (exact) mass is 371 g/mol. The number of anilines is 1. The smallest absolute Gasteiger partial charge is 0.277 e. The molecule has 0 fully saturated rings. The van der Waals surface area contributed by atoms with Crippen molar-refractivity contribution in [1.29, 1.82) is 0 Å². The second-order valence-corrected chi connectivity index (χ2v) is 6.76. The molecule has 6 nitrogen and oxygen atoms in total. The molecule has 0 saturated heterocycles. The predicted molar refractivity (Wildman–Crippen MR) is 109 cm³/mol. The van der Waals surface area contributed by atoms with Crippen LogP contribution in [0.2, 0.25) is 0 Å². The molecule has 2 heterocycles. The molecule has 0 aliphatic rings. The quantitative estimate of drug-likeness (QED) is 0.552. The van der Waals surface area contributed by atoms with Crippen LogP contribution in [0.4, 0.5) is 5.82 Å². The number of H-pyrrole nitrogens is 1. The lowest BCUT2D eigenvalue weighted by Gasteiger charge is -2.08. The molecular weight excluding hydrogens is 350 g/mol. The van der Waals surface area contributed by atoms with Gasteiger partial charge in [0.25, 0.3) is 5.91 Å². The van der Waals surface area contributed by atoms with Crippen LogP contribution in [0.15, 0.2) is 66.7 Å². The molecule has 0 saturated carbocycles. The zero-order valence-electron chi connectivity index (χ0n) is 15.8. The van der Waals surface area contributed by atoms with Gasteiger partial charge in [0, 0.05) is 17.3 Å². The minimum atomic E-state index is -0.269. The summed E-state index contributed by atoms with van der Waals surface area (Å²) in [5, 5.41) is 14.5. The third-order valence-electron chi connectivity index (χ3n) is 4.56. The van der Waals surface area contributed by atoms with Crippen molar-refractivity contribution >= 4 is 11.7 Å². The Balaban J connectivity index is 1.70. The van der Waals surface area contributed by atoms with Crippen molar-refractivity contribution in [2.75, 3.05) is 5.32 Å². The summed E-state index contributed by atoms with van der Waals surface area (Å²) in [6.45, 7) is 4.47. The first-order valence-electron chi connectivity index (χ1n) is 9.11. The number of amides is 1. The fourth-order valence-corrected chi connectivity index (χ4v) is 3.10. The first-order valence-corrected chi connectivity index (χ1v) is 9.11. The van der Waals surface area contributed by atoms with E-state index >= 15 is 0 Å². The molecule has 4 aromatic rings. The molecule has 0 aliphatic heterocycles. The van der Waals surface area contributed by atoms with Crippen molar-refractivity contribution < 1.29 is 4.79 Å². The molecule has 0 aliphatic carbocycles. The van der Waals surface area contributed by atoms with E-state index in [0.717, 1.165) is 28.1 Å². The second kappa shape index (κ2) is 7.52. The largest absolute Gasteiger partial charge is 0.305 e. The molecule has 1 amide bonds. The van der Waals surface area contributed by atoms with Crippen molar-refractivity contribution in [1.82, 2.24) is 20.0 Å². The van der Waals surface area contributed by atoms with E-state index in [-0.39, 0.29) is 5.91 Å². The molecule has 2 aromatic heterocycles. The van der Waals surface area contributed by atoms with Crippen molar-refractivity contribution in [3.05, 3.63) is 89.2 Å². The van der Waals surface area contributed by atoms with Gasteiger partial charge in [0.2, 0.25) is 0 Å². The number of rotatable bonds is 5. The summed E-state index contributed by atoms with van der Waals surface area (Å²) in [5.41, 5.74) is 5.29. The van der Waals surface area contributed by atoms with Crippen molar-refractivity contribution in [2.24, 2.45) is 0 Å². The Kier molecular flexibility index (Phi) is 4.76. The van der Waals surface area contributed by atoms with Gasteiger partial charge in [-0.05, 0) is 31.0 Å². The Morgan fingerprint density at radius 2 is 1.79 bits per heavy atom. The maximum Gasteiger partial charge on any atom is 0.277 e. The summed E-state index contributed by atoms with van der Waals surface area (Å²) in [6, 6.07) is 21.7. The van der Waals surface area contributed by atoms with E-state index in [4.69, 9.17) is 5.10 Å². The maximum absolute atomic E-state index is 12.6. The number of hydrogen-bond acceptors (Lipinski definition) is 3. The van der Waals surface area contributed by atoms with Crippen LogP contribution in [0.1, 0.15) is 27.3 Å². The number of carbonyl (C=O) groups excluding carboxylic acids is 1. The summed E-state index contributed by atoms with van der Waals surface area (Å²) >= 11 is 0. The van der Waals surface area contributed by atoms with E-state index in [1.807, 2.05) is 66.2 Å². The van der Waals surface area contributed by atoms with Gasteiger partial charge in [0.1, 0.15) is 5.82 Å². The molecule has 6 heteroatoms. The molecule has 28 heavy (non-hydrogen) atoms. The lowest BCUT2D eigenvalue weighted by atomic mass is 10.1. The minimum absolute atomic E-state index is 0.269. The topological polar surface area (TPSA) is 75.6 Å². The Hall–Kier alpha value is -3.67. The van der Waals surface area contributed by atoms with Gasteiger partial charge in [-0.15, -0.1) is 0 Å². The highest BCUT2D eigenvalue weighted by Gasteiger charge is 2.16. The highest BCUT2D eigenvalue weighted by atomic mass is 16.2. The third kappa shape index (κ3) is 3.71. The normalized spacial score (nSPS) is 10.8. The average Bonchev–Trinajstić information content (AvgIpc) is 3.30. The number of nitrogens with one attached hydrogen (secondary N) is 2. The van der Waals surface area contributed by atoms with Gasteiger partial charge in [-0.1, -0.05) is 54.6 Å². The minimum Gasteiger partial charge on any atom is -0.305 e. The second-order valence-electron chi connectivity index (χ2n) is 6.76. The van der Waals surface area contributed by atoms with Crippen LogP contribution in [-0.4, -0.2) is 25.9 Å². The molecule has 4 rings (SSSR count). The van der Waals surface area contributed by atoms with Gasteiger partial charge in [-0.25, -0.2) is 4.68 Å². The molecule has 0 radical (unpaired) electrons. The summed E-state index contributed by atoms with van der Waals surface area (Å²) in [7, 11) is 0. The maximum atomic E-state index is 12.6. The van der Waals surface area contributed by atoms with Gasteiger partial charge in [0.05, 0.1) is 12.2 Å². The molecule has 0 unspecified atom stereocenters. The van der Waals surface area contributed by atoms with Crippen LogP contribution in [-0.2, 0) is 6.54 Å². The number of nitrogens with zero attached hydrogens (tertiary/aromatic N) is 3. The first-order chi connectivity index (χ1) is 13.6. The van der Waals surface area contributed by atoms with Gasteiger partial charge in [-0.3, -0.25) is 9.89 Å². The van der Waals surface area contributed by atoms with Crippen molar-refractivity contribution in [2.45, 2.75) is 20.4 Å². The zero-order chi connectivity index (χ0) is 19.5. The number of hydrogen-bond donors (Lipinski definition) is 2. The molecule has 0 spiro atoms. The van der Waals surface area contributed by atoms with E-state index in [0.29, 0.717) is 18.1 Å². The van der Waals surface area contributed by atoms with E-state index < -0.39 is 0 Å². The predicted octanol–water partition coefficient (Wildman–Crippen LogP) is 4.19. The molecule has 140 valence electrons. The third-order valence-corrected chi connectivity index (χ3v) is 4.56. The number of carbonyl (C=O) groups is 1. The van der Waals surface area contributed by atoms with Crippen LogP contribution >= 0.6 is 0 Å².